The molecule has 0 saturated heterocycles. The smallest absolute Gasteiger partial charge is 0.305 e. The molecule has 0 heterocycles. The third kappa shape index (κ3) is 36.5. The molecule has 0 rings (SSSR count). The Balaban J connectivity index is 3.64. The van der Waals surface area contributed by atoms with Crippen molar-refractivity contribution >= 4 is 11.9 Å². The molecule has 0 aliphatic heterocycles. The van der Waals surface area contributed by atoms with E-state index in [1.54, 1.807) is 6.08 Å². The molecule has 0 unspecified atom stereocenters. The normalized spacial score (nSPS) is 13.5. The highest BCUT2D eigenvalue weighted by Crippen LogP contribution is 2.14. The summed E-state index contributed by atoms with van der Waals surface area (Å²) in [5.41, 5.74) is 0. The maximum Gasteiger partial charge on any atom is 0.305 e. The average molecular weight is 661 g/mol. The average Bonchev–Trinajstić information content (AvgIpc) is 3.04. The molecule has 0 amide bonds. The Bertz CT molecular complexity index is 828. The number of allylic oxidation sites excluding steroid dienone is 7. The predicted molar refractivity (Wildman–Crippen MR) is 197 cm³/mol. The number of carbonyl (C=O) groups excluding carboxylic acids is 2. The molecule has 0 bridgehead atoms. The van der Waals surface area contributed by atoms with Gasteiger partial charge < -0.3 is 19.7 Å². The van der Waals surface area contributed by atoms with Gasteiger partial charge in [0, 0.05) is 12.8 Å². The predicted octanol–water partition coefficient (Wildman–Crippen LogP) is 10.7. The van der Waals surface area contributed by atoms with Crippen LogP contribution in [0.3, 0.4) is 0 Å². The lowest BCUT2D eigenvalue weighted by atomic mass is 10.0. The minimum absolute atomic E-state index is 0.156. The third-order valence-corrected chi connectivity index (χ3v) is 8.10. The SMILES string of the molecule is CCCCC/C=C\C/C=C\C/C=C\C=C\[C@@H](O)CCCC(=O)OC[C@@H](O)COC(=O)CCCCCCCCCCCCCCC(C)C. The first kappa shape index (κ1) is 44.8. The highest BCUT2D eigenvalue weighted by molar-refractivity contribution is 5.69. The number of esters is 2. The van der Waals surface area contributed by atoms with Gasteiger partial charge in [-0.3, -0.25) is 9.59 Å². The van der Waals surface area contributed by atoms with Gasteiger partial charge in [0.05, 0.1) is 6.10 Å². The van der Waals surface area contributed by atoms with Gasteiger partial charge in [-0.05, 0) is 50.9 Å². The van der Waals surface area contributed by atoms with E-state index in [1.807, 2.05) is 18.2 Å². The largest absolute Gasteiger partial charge is 0.463 e. The Morgan fingerprint density at radius 3 is 1.66 bits per heavy atom. The zero-order valence-electron chi connectivity index (χ0n) is 30.6. The monoisotopic (exact) mass is 661 g/mol. The van der Waals surface area contributed by atoms with Gasteiger partial charge in [0.15, 0.2) is 0 Å². The van der Waals surface area contributed by atoms with E-state index in [2.05, 4.69) is 45.1 Å². The lowest BCUT2D eigenvalue weighted by molar-refractivity contribution is -0.152. The van der Waals surface area contributed by atoms with Gasteiger partial charge in [0.1, 0.15) is 19.3 Å². The van der Waals surface area contributed by atoms with Crippen LogP contribution in [0.2, 0.25) is 0 Å². The number of aliphatic hydroxyl groups is 2. The van der Waals surface area contributed by atoms with Crippen LogP contribution in [0.25, 0.3) is 0 Å². The Morgan fingerprint density at radius 2 is 1.09 bits per heavy atom. The van der Waals surface area contributed by atoms with Crippen molar-refractivity contribution in [3.05, 3.63) is 48.6 Å². The van der Waals surface area contributed by atoms with Crippen molar-refractivity contribution in [2.24, 2.45) is 5.92 Å². The van der Waals surface area contributed by atoms with Crippen molar-refractivity contribution in [2.45, 2.75) is 181 Å². The van der Waals surface area contributed by atoms with E-state index >= 15 is 0 Å². The molecule has 2 atom stereocenters. The summed E-state index contributed by atoms with van der Waals surface area (Å²) in [5.74, 6) is 0.0719. The van der Waals surface area contributed by atoms with Crippen molar-refractivity contribution in [3.63, 3.8) is 0 Å². The van der Waals surface area contributed by atoms with Gasteiger partial charge in [0.25, 0.3) is 0 Å². The van der Waals surface area contributed by atoms with Gasteiger partial charge >= 0.3 is 11.9 Å². The van der Waals surface area contributed by atoms with Crippen molar-refractivity contribution in [1.29, 1.82) is 0 Å². The summed E-state index contributed by atoms with van der Waals surface area (Å²) >= 11 is 0. The fourth-order valence-corrected chi connectivity index (χ4v) is 5.14. The number of ether oxygens (including phenoxy) is 2. The summed E-state index contributed by atoms with van der Waals surface area (Å²) in [5, 5.41) is 20.1. The van der Waals surface area contributed by atoms with Crippen molar-refractivity contribution in [3.8, 4) is 0 Å². The highest BCUT2D eigenvalue weighted by Gasteiger charge is 2.12. The number of unbranched alkanes of at least 4 members (excludes halogenated alkanes) is 14. The summed E-state index contributed by atoms with van der Waals surface area (Å²) in [6, 6.07) is 0. The van der Waals surface area contributed by atoms with Crippen LogP contribution in [-0.4, -0.2) is 47.6 Å². The second-order valence-electron chi connectivity index (χ2n) is 13.4. The number of aliphatic hydroxyl groups excluding tert-OH is 2. The molecule has 0 aliphatic carbocycles. The maximum atomic E-state index is 12.0. The van der Waals surface area contributed by atoms with Crippen molar-refractivity contribution in [1.82, 2.24) is 0 Å². The summed E-state index contributed by atoms with van der Waals surface area (Å²) in [6.07, 6.45) is 39.1. The molecule has 0 fully saturated rings. The lowest BCUT2D eigenvalue weighted by Gasteiger charge is -2.12. The van der Waals surface area contributed by atoms with Crippen LogP contribution >= 0.6 is 0 Å². The van der Waals surface area contributed by atoms with Crippen LogP contribution in [0.15, 0.2) is 48.6 Å². The van der Waals surface area contributed by atoms with Crippen LogP contribution in [0.5, 0.6) is 0 Å². The Labute approximate surface area is 289 Å². The highest BCUT2D eigenvalue weighted by atomic mass is 16.6. The summed E-state index contributed by atoms with van der Waals surface area (Å²) in [6.45, 7) is 6.44. The fraction of sp³-hybridized carbons (Fsp3) is 0.756. The molecule has 0 aromatic heterocycles. The molecule has 0 aliphatic rings. The van der Waals surface area contributed by atoms with Gasteiger partial charge in [-0.25, -0.2) is 0 Å². The van der Waals surface area contributed by atoms with Crippen LogP contribution < -0.4 is 0 Å². The first-order valence-corrected chi connectivity index (χ1v) is 19.2. The first-order chi connectivity index (χ1) is 22.8. The third-order valence-electron chi connectivity index (χ3n) is 8.10. The van der Waals surface area contributed by atoms with E-state index in [-0.39, 0.29) is 25.6 Å². The van der Waals surface area contributed by atoms with E-state index < -0.39 is 18.2 Å². The maximum absolute atomic E-state index is 12.0. The number of carbonyl (C=O) groups is 2. The van der Waals surface area contributed by atoms with Crippen LogP contribution in [0.4, 0.5) is 0 Å². The zero-order valence-corrected chi connectivity index (χ0v) is 30.6. The molecule has 0 aromatic carbocycles. The summed E-state index contributed by atoms with van der Waals surface area (Å²) < 4.78 is 10.2. The van der Waals surface area contributed by atoms with Gasteiger partial charge in [-0.2, -0.15) is 0 Å². The molecule has 2 N–H and O–H groups in total. The second-order valence-corrected chi connectivity index (χ2v) is 13.4. The molecule has 6 heteroatoms. The van der Waals surface area contributed by atoms with E-state index in [0.717, 1.165) is 44.4 Å². The van der Waals surface area contributed by atoms with Gasteiger partial charge in [0.2, 0.25) is 0 Å². The second kappa shape index (κ2) is 35.1. The topological polar surface area (TPSA) is 93.1 Å². The van der Waals surface area contributed by atoms with E-state index in [9.17, 15) is 19.8 Å². The molecule has 0 spiro atoms. The van der Waals surface area contributed by atoms with Gasteiger partial charge in [-0.15, -0.1) is 0 Å². The summed E-state index contributed by atoms with van der Waals surface area (Å²) in [7, 11) is 0. The number of rotatable bonds is 33. The van der Waals surface area contributed by atoms with Crippen LogP contribution in [0.1, 0.15) is 168 Å². The lowest BCUT2D eigenvalue weighted by Crippen LogP contribution is -2.25. The first-order valence-electron chi connectivity index (χ1n) is 19.2. The van der Waals surface area contributed by atoms with Crippen LogP contribution in [0, 0.1) is 5.92 Å². The Hall–Kier alpha value is -2.18. The quantitative estimate of drug-likeness (QED) is 0.0315. The molecule has 0 aromatic rings. The Kier molecular flexibility index (Phi) is 33.5. The molecule has 47 heavy (non-hydrogen) atoms. The molecular formula is C41H72O6. The van der Waals surface area contributed by atoms with Gasteiger partial charge in [-0.1, -0.05) is 159 Å². The minimum atomic E-state index is -1.04. The molecule has 272 valence electrons. The standard InChI is InChI=1S/C41H72O6/c1-4-5-6-7-8-9-10-11-15-18-21-24-27-31-38(42)32-29-34-41(45)47-36-39(43)35-46-40(44)33-28-25-22-19-16-13-12-14-17-20-23-26-30-37(2)3/h8-9,11,15,21,24,27,31,37-39,42-43H,4-7,10,12-14,16-20,22-23,25-26,28-30,32-36H2,1-3H3/b9-8-,15-11-,24-21-,31-27+/t38-,39+/m1/s1. The zero-order chi connectivity index (χ0) is 34.6. The van der Waals surface area contributed by atoms with Crippen molar-refractivity contribution < 1.29 is 29.3 Å². The molecule has 6 nitrogen and oxygen atoms in total. The number of hydrogen-bond donors (Lipinski definition) is 2. The van der Waals surface area contributed by atoms with E-state index in [4.69, 9.17) is 9.47 Å². The van der Waals surface area contributed by atoms with Crippen molar-refractivity contribution in [2.75, 3.05) is 13.2 Å². The summed E-state index contributed by atoms with van der Waals surface area (Å²) in [4.78, 5) is 23.9. The Morgan fingerprint density at radius 1 is 0.574 bits per heavy atom. The molecule has 0 radical (unpaired) electrons. The molecular weight excluding hydrogens is 588 g/mol. The van der Waals surface area contributed by atoms with E-state index in [0.29, 0.717) is 19.3 Å². The fourth-order valence-electron chi connectivity index (χ4n) is 5.14. The number of hydrogen-bond acceptors (Lipinski definition) is 6. The minimum Gasteiger partial charge on any atom is -0.463 e. The van der Waals surface area contributed by atoms with E-state index in [1.165, 1.54) is 83.5 Å². The van der Waals surface area contributed by atoms with Crippen LogP contribution in [-0.2, 0) is 19.1 Å². The molecule has 0 saturated carbocycles.